The highest BCUT2D eigenvalue weighted by molar-refractivity contribution is 7.88. The van der Waals surface area contributed by atoms with E-state index in [0.29, 0.717) is 67.8 Å². The minimum absolute atomic E-state index is 0.0738. The number of anilines is 1. The Balaban J connectivity index is 1.46. The lowest BCUT2D eigenvalue weighted by Gasteiger charge is -2.34. The van der Waals surface area contributed by atoms with Crippen molar-refractivity contribution >= 4 is 38.3 Å². The summed E-state index contributed by atoms with van der Waals surface area (Å²) in [4.78, 5) is 23.7. The third kappa shape index (κ3) is 5.83. The summed E-state index contributed by atoms with van der Waals surface area (Å²) in [6.45, 7) is 3.41. The van der Waals surface area contributed by atoms with Gasteiger partial charge in [-0.05, 0) is 25.3 Å². The number of fused-ring (bicyclic) bond motifs is 1. The van der Waals surface area contributed by atoms with Crippen LogP contribution < -0.4 is 10.5 Å². The van der Waals surface area contributed by atoms with Gasteiger partial charge >= 0.3 is 0 Å². The first-order valence-electron chi connectivity index (χ1n) is 11.3. The van der Waals surface area contributed by atoms with Gasteiger partial charge in [0.05, 0.1) is 24.9 Å². The van der Waals surface area contributed by atoms with E-state index in [1.807, 2.05) is 4.90 Å². The Morgan fingerprint density at radius 3 is 2.45 bits per heavy atom. The summed E-state index contributed by atoms with van der Waals surface area (Å²) in [5.74, 6) is 0. The van der Waals surface area contributed by atoms with E-state index in [2.05, 4.69) is 9.97 Å². The molecule has 0 saturated carbocycles. The van der Waals surface area contributed by atoms with Crippen LogP contribution in [-0.2, 0) is 26.0 Å². The van der Waals surface area contributed by atoms with Gasteiger partial charge in [0.2, 0.25) is 10.0 Å². The van der Waals surface area contributed by atoms with Gasteiger partial charge in [-0.25, -0.2) is 18.4 Å². The molecular weight excluding hydrogens is 470 g/mol. The first-order chi connectivity index (χ1) is 15.8. The standard InChI is InChI=1S/C21H30ClN5O5S/c1-33(29,30)26-10-8-25(9-11-26)17-14-16-19(22)23-15-24-20(16)27(21(17)28)7-5-3-2-4-6-18-31-12-13-32-18/h14-15,18H,2-13H2,1H3. The Bertz CT molecular complexity index is 1130. The van der Waals surface area contributed by atoms with Gasteiger partial charge in [-0.15, -0.1) is 0 Å². The minimum Gasteiger partial charge on any atom is -0.364 e. The SMILES string of the molecule is CS(=O)(=O)N1CCN(c2cc3c(Cl)ncnc3n(CCCCCCC3OCCO3)c2=O)CC1. The van der Waals surface area contributed by atoms with Crippen molar-refractivity contribution in [2.75, 3.05) is 50.5 Å². The van der Waals surface area contributed by atoms with Crippen LogP contribution in [0.5, 0.6) is 0 Å². The number of pyridine rings is 1. The van der Waals surface area contributed by atoms with Crippen molar-refractivity contribution in [3.8, 4) is 0 Å². The molecule has 0 aliphatic carbocycles. The number of aryl methyl sites for hydroxylation is 1. The number of hydrogen-bond acceptors (Lipinski definition) is 8. The largest absolute Gasteiger partial charge is 0.364 e. The van der Waals surface area contributed by atoms with Crippen molar-refractivity contribution in [2.45, 2.75) is 44.9 Å². The minimum atomic E-state index is -3.25. The quantitative estimate of drug-likeness (QED) is 0.380. The summed E-state index contributed by atoms with van der Waals surface area (Å²) in [7, 11) is -3.25. The number of aromatic nitrogens is 3. The molecule has 2 aromatic rings. The molecule has 0 unspecified atom stereocenters. The van der Waals surface area contributed by atoms with Crippen molar-refractivity contribution in [2.24, 2.45) is 0 Å². The molecule has 4 rings (SSSR count). The van der Waals surface area contributed by atoms with Crippen molar-refractivity contribution in [3.05, 3.63) is 27.9 Å². The summed E-state index contributed by atoms with van der Waals surface area (Å²) in [6, 6.07) is 1.73. The highest BCUT2D eigenvalue weighted by Crippen LogP contribution is 2.24. The molecule has 0 N–H and O–H groups in total. The Morgan fingerprint density at radius 2 is 1.76 bits per heavy atom. The lowest BCUT2D eigenvalue weighted by atomic mass is 10.1. The summed E-state index contributed by atoms with van der Waals surface area (Å²) in [6.07, 6.45) is 7.22. The molecule has 2 fully saturated rings. The fourth-order valence-corrected chi connectivity index (χ4v) is 5.35. The molecule has 0 atom stereocenters. The van der Waals surface area contributed by atoms with Crippen LogP contribution in [0.1, 0.15) is 32.1 Å². The molecule has 0 amide bonds. The number of sulfonamides is 1. The van der Waals surface area contributed by atoms with Crippen LogP contribution in [0.25, 0.3) is 11.0 Å². The Hall–Kier alpha value is -1.79. The van der Waals surface area contributed by atoms with Gasteiger partial charge in [-0.1, -0.05) is 24.4 Å². The van der Waals surface area contributed by atoms with Crippen LogP contribution >= 0.6 is 11.6 Å². The van der Waals surface area contributed by atoms with E-state index in [4.69, 9.17) is 21.1 Å². The van der Waals surface area contributed by atoms with E-state index in [9.17, 15) is 13.2 Å². The number of rotatable bonds is 9. The second-order valence-corrected chi connectivity index (χ2v) is 10.8. The van der Waals surface area contributed by atoms with Crippen molar-refractivity contribution in [3.63, 3.8) is 0 Å². The van der Waals surface area contributed by atoms with E-state index in [-0.39, 0.29) is 11.8 Å². The number of nitrogens with zero attached hydrogens (tertiary/aromatic N) is 5. The lowest BCUT2D eigenvalue weighted by Crippen LogP contribution is -2.50. The van der Waals surface area contributed by atoms with Gasteiger partial charge in [0.1, 0.15) is 22.8 Å². The van der Waals surface area contributed by atoms with E-state index < -0.39 is 10.0 Å². The zero-order valence-electron chi connectivity index (χ0n) is 18.8. The predicted molar refractivity (Wildman–Crippen MR) is 126 cm³/mol. The van der Waals surface area contributed by atoms with E-state index in [1.165, 1.54) is 16.9 Å². The molecule has 2 aliphatic rings. The molecule has 12 heteroatoms. The van der Waals surface area contributed by atoms with Crippen molar-refractivity contribution in [1.29, 1.82) is 0 Å². The molecular formula is C21H30ClN5O5S. The van der Waals surface area contributed by atoms with Crippen molar-refractivity contribution in [1.82, 2.24) is 18.8 Å². The summed E-state index contributed by atoms with van der Waals surface area (Å²) < 4.78 is 37.7. The molecule has 4 heterocycles. The molecule has 0 radical (unpaired) electrons. The molecule has 0 spiro atoms. The molecule has 0 bridgehead atoms. The van der Waals surface area contributed by atoms with E-state index in [0.717, 1.165) is 32.1 Å². The number of ether oxygens (including phenoxy) is 2. The van der Waals surface area contributed by atoms with Crippen LogP contribution in [0.15, 0.2) is 17.2 Å². The molecule has 2 aliphatic heterocycles. The zero-order valence-corrected chi connectivity index (χ0v) is 20.4. The normalized spacial score (nSPS) is 18.4. The maximum absolute atomic E-state index is 13.4. The molecule has 2 saturated heterocycles. The monoisotopic (exact) mass is 499 g/mol. The molecule has 10 nitrogen and oxygen atoms in total. The van der Waals surface area contributed by atoms with Gasteiger partial charge in [0.25, 0.3) is 5.56 Å². The van der Waals surface area contributed by atoms with E-state index in [1.54, 1.807) is 10.6 Å². The van der Waals surface area contributed by atoms with Gasteiger partial charge in [0.15, 0.2) is 6.29 Å². The van der Waals surface area contributed by atoms with Gasteiger partial charge < -0.3 is 14.4 Å². The number of halogens is 1. The smallest absolute Gasteiger partial charge is 0.275 e. The molecule has 2 aromatic heterocycles. The lowest BCUT2D eigenvalue weighted by molar-refractivity contribution is -0.0480. The van der Waals surface area contributed by atoms with E-state index >= 15 is 0 Å². The first kappa shape index (κ1) is 24.3. The maximum Gasteiger partial charge on any atom is 0.275 e. The highest BCUT2D eigenvalue weighted by Gasteiger charge is 2.26. The maximum atomic E-state index is 13.4. The Labute approximate surface area is 198 Å². The topological polar surface area (TPSA) is 107 Å². The van der Waals surface area contributed by atoms with Crippen LogP contribution in [0.4, 0.5) is 5.69 Å². The zero-order chi connectivity index (χ0) is 23.4. The fourth-order valence-electron chi connectivity index (χ4n) is 4.34. The van der Waals surface area contributed by atoms with Gasteiger partial charge in [0, 0.05) is 32.7 Å². The second-order valence-electron chi connectivity index (χ2n) is 8.41. The first-order valence-corrected chi connectivity index (χ1v) is 13.5. The summed E-state index contributed by atoms with van der Waals surface area (Å²) in [5.41, 5.74) is 0.881. The average molecular weight is 500 g/mol. The molecule has 0 aromatic carbocycles. The third-order valence-electron chi connectivity index (χ3n) is 6.13. The second kappa shape index (κ2) is 10.6. The average Bonchev–Trinajstić information content (AvgIpc) is 3.30. The Kier molecular flexibility index (Phi) is 7.85. The number of unbranched alkanes of at least 4 members (excludes halogenated alkanes) is 3. The van der Waals surface area contributed by atoms with Gasteiger partial charge in [-0.2, -0.15) is 4.31 Å². The van der Waals surface area contributed by atoms with Crippen molar-refractivity contribution < 1.29 is 17.9 Å². The molecule has 182 valence electrons. The van der Waals surface area contributed by atoms with Gasteiger partial charge in [-0.3, -0.25) is 9.36 Å². The van der Waals surface area contributed by atoms with Crippen LogP contribution in [0.3, 0.4) is 0 Å². The number of hydrogen-bond donors (Lipinski definition) is 0. The van der Waals surface area contributed by atoms with Crippen LogP contribution in [-0.4, -0.2) is 79.2 Å². The molecule has 33 heavy (non-hydrogen) atoms. The Morgan fingerprint density at radius 1 is 1.06 bits per heavy atom. The van der Waals surface area contributed by atoms with Crippen LogP contribution in [0, 0.1) is 0 Å². The third-order valence-corrected chi connectivity index (χ3v) is 7.73. The van der Waals surface area contributed by atoms with Crippen LogP contribution in [0.2, 0.25) is 5.15 Å². The highest BCUT2D eigenvalue weighted by atomic mass is 35.5. The fraction of sp³-hybridized carbons (Fsp3) is 0.667. The summed E-state index contributed by atoms with van der Waals surface area (Å²) in [5, 5.41) is 0.913. The summed E-state index contributed by atoms with van der Waals surface area (Å²) >= 11 is 6.34. The predicted octanol–water partition coefficient (Wildman–Crippen LogP) is 1.85. The number of piperazine rings is 1.